The number of rotatable bonds is 6. The van der Waals surface area contributed by atoms with Gasteiger partial charge in [-0.05, 0) is 127 Å². The Kier molecular flexibility index (Phi) is 8.40. The van der Waals surface area contributed by atoms with Gasteiger partial charge in [0.2, 0.25) is 0 Å². The largest absolute Gasteiger partial charge is 0.456 e. The van der Waals surface area contributed by atoms with Crippen molar-refractivity contribution in [3.63, 3.8) is 0 Å². The quantitative estimate of drug-likeness (QED) is 0.166. The lowest BCUT2D eigenvalue weighted by molar-refractivity contribution is 0.590. The van der Waals surface area contributed by atoms with Crippen molar-refractivity contribution in [2.24, 2.45) is 0 Å². The Morgan fingerprint density at radius 1 is 0.422 bits per heavy atom. The molecule has 0 saturated carbocycles. The molecule has 64 heavy (non-hydrogen) atoms. The minimum atomic E-state index is -0.513. The third-order valence-electron chi connectivity index (χ3n) is 14.3. The number of nitrogens with zero attached hydrogens (tertiary/aromatic N) is 1. The predicted octanol–water partition coefficient (Wildman–Crippen LogP) is 16.7. The molecule has 0 amide bonds. The van der Waals surface area contributed by atoms with E-state index >= 15 is 0 Å². The van der Waals surface area contributed by atoms with Crippen molar-refractivity contribution in [2.45, 2.75) is 50.9 Å². The SMILES string of the molecule is CC(C)(C)c1ccc2oc3c4c(ccc3c2c1)-c1ccc(N(c2ccc(-c3ccccc3)cc2)c2cccc(C3(c5ccccc5)c5ccccc5-c5ccccc53)c2)cc1C4(C)C. The van der Waals surface area contributed by atoms with Crippen LogP contribution < -0.4 is 4.90 Å². The predicted molar refractivity (Wildman–Crippen MR) is 267 cm³/mol. The highest BCUT2D eigenvalue weighted by Gasteiger charge is 2.46. The van der Waals surface area contributed by atoms with Gasteiger partial charge in [-0.3, -0.25) is 0 Å². The number of furan rings is 1. The van der Waals surface area contributed by atoms with Gasteiger partial charge >= 0.3 is 0 Å². The summed E-state index contributed by atoms with van der Waals surface area (Å²) in [5.41, 5.74) is 20.9. The van der Waals surface area contributed by atoms with Crippen LogP contribution in [0.5, 0.6) is 0 Å². The fraction of sp³-hybridized carbons (Fsp3) is 0.129. The number of hydrogen-bond acceptors (Lipinski definition) is 2. The molecule has 2 aliphatic carbocycles. The van der Waals surface area contributed by atoms with Gasteiger partial charge in [0.15, 0.2) is 0 Å². The highest BCUT2D eigenvalue weighted by molar-refractivity contribution is 6.09. The Morgan fingerprint density at radius 2 is 1.00 bits per heavy atom. The van der Waals surface area contributed by atoms with Gasteiger partial charge in [0.05, 0.1) is 5.41 Å². The average Bonchev–Trinajstić information content (AvgIpc) is 3.93. The minimum Gasteiger partial charge on any atom is -0.456 e. The third kappa shape index (κ3) is 5.58. The molecule has 0 N–H and O–H groups in total. The smallest absolute Gasteiger partial charge is 0.140 e. The molecule has 10 aromatic rings. The molecule has 0 atom stereocenters. The van der Waals surface area contributed by atoms with Gasteiger partial charge in [-0.25, -0.2) is 0 Å². The van der Waals surface area contributed by atoms with Gasteiger partial charge in [-0.1, -0.05) is 186 Å². The second-order valence-corrected chi connectivity index (χ2v) is 19.3. The minimum absolute atomic E-state index is 0.0435. The number of anilines is 3. The van der Waals surface area contributed by atoms with E-state index in [4.69, 9.17) is 4.42 Å². The number of hydrogen-bond donors (Lipinski definition) is 0. The molecule has 0 bridgehead atoms. The molecule has 0 aliphatic heterocycles. The monoisotopic (exact) mass is 823 g/mol. The first-order valence-corrected chi connectivity index (χ1v) is 22.6. The first kappa shape index (κ1) is 38.3. The van der Waals surface area contributed by atoms with E-state index in [2.05, 4.69) is 246 Å². The summed E-state index contributed by atoms with van der Waals surface area (Å²) in [7, 11) is 0. The van der Waals surface area contributed by atoms with Crippen molar-refractivity contribution in [1.82, 2.24) is 0 Å². The van der Waals surface area contributed by atoms with E-state index in [-0.39, 0.29) is 10.8 Å². The van der Waals surface area contributed by atoms with E-state index in [0.717, 1.165) is 28.2 Å². The van der Waals surface area contributed by atoms with E-state index < -0.39 is 5.41 Å². The summed E-state index contributed by atoms with van der Waals surface area (Å²) in [6, 6.07) is 76.5. The van der Waals surface area contributed by atoms with Crippen molar-refractivity contribution < 1.29 is 4.42 Å². The fourth-order valence-electron chi connectivity index (χ4n) is 11.2. The standard InChI is InChI=1S/C62H49NO/c1-60(2,3)43-29-36-57-53(38-43)52-35-34-51-50-33-32-47(39-56(50)61(4,5)58(51)59(52)64-57)63(45-30-27-41(28-31-45)40-17-8-6-9-18-40)46-22-16-21-44(37-46)62(42-19-10-7-11-20-42)54-25-14-12-23-48(54)49-24-13-15-26-55(49)62/h6-39H,1-5H3. The Labute approximate surface area is 376 Å². The van der Waals surface area contributed by atoms with Crippen molar-refractivity contribution >= 4 is 39.0 Å². The van der Waals surface area contributed by atoms with Crippen molar-refractivity contribution in [3.05, 3.63) is 245 Å². The lowest BCUT2D eigenvalue weighted by Gasteiger charge is -2.35. The molecule has 1 aromatic heterocycles. The van der Waals surface area contributed by atoms with Gasteiger partial charge in [-0.2, -0.15) is 0 Å². The molecule has 9 aromatic carbocycles. The zero-order valence-electron chi connectivity index (χ0n) is 37.0. The Balaban J connectivity index is 1.05. The summed E-state index contributed by atoms with van der Waals surface area (Å²) >= 11 is 0. The van der Waals surface area contributed by atoms with Crippen LogP contribution in [0.1, 0.15) is 73.6 Å². The highest BCUT2D eigenvalue weighted by atomic mass is 16.3. The second kappa shape index (κ2) is 14.0. The van der Waals surface area contributed by atoms with E-state index in [1.54, 1.807) is 0 Å². The van der Waals surface area contributed by atoms with Crippen molar-refractivity contribution in [3.8, 4) is 33.4 Å². The van der Waals surface area contributed by atoms with Crippen molar-refractivity contribution in [1.29, 1.82) is 0 Å². The molecule has 0 radical (unpaired) electrons. The van der Waals surface area contributed by atoms with Gasteiger partial charge in [0.25, 0.3) is 0 Å². The van der Waals surface area contributed by atoms with Crippen LogP contribution in [0.3, 0.4) is 0 Å². The van der Waals surface area contributed by atoms with Gasteiger partial charge < -0.3 is 9.32 Å². The zero-order valence-corrected chi connectivity index (χ0v) is 37.0. The summed E-state index contributed by atoms with van der Waals surface area (Å²) < 4.78 is 6.84. The summed E-state index contributed by atoms with van der Waals surface area (Å²) in [6.45, 7) is 11.6. The maximum Gasteiger partial charge on any atom is 0.140 e. The van der Waals surface area contributed by atoms with Crippen LogP contribution >= 0.6 is 0 Å². The van der Waals surface area contributed by atoms with Crippen LogP contribution in [-0.2, 0) is 16.2 Å². The highest BCUT2D eigenvalue weighted by Crippen LogP contribution is 2.58. The van der Waals surface area contributed by atoms with Crippen molar-refractivity contribution in [2.75, 3.05) is 4.90 Å². The molecule has 0 saturated heterocycles. The van der Waals surface area contributed by atoms with Gasteiger partial charge in [0, 0.05) is 38.8 Å². The lowest BCUT2D eigenvalue weighted by atomic mass is 9.67. The van der Waals surface area contributed by atoms with E-state index in [0.29, 0.717) is 0 Å². The Hall–Kier alpha value is -7.42. The summed E-state index contributed by atoms with van der Waals surface area (Å²) in [6.07, 6.45) is 0. The van der Waals surface area contributed by atoms with E-state index in [1.165, 1.54) is 83.1 Å². The topological polar surface area (TPSA) is 16.4 Å². The summed E-state index contributed by atoms with van der Waals surface area (Å²) in [4.78, 5) is 2.45. The Bertz CT molecular complexity index is 3390. The molecular weight excluding hydrogens is 775 g/mol. The molecule has 2 nitrogen and oxygen atoms in total. The molecule has 0 spiro atoms. The second-order valence-electron chi connectivity index (χ2n) is 19.3. The molecule has 2 aliphatic rings. The normalized spacial score (nSPS) is 14.3. The molecule has 0 unspecified atom stereocenters. The molecule has 1 heterocycles. The Morgan fingerprint density at radius 3 is 1.70 bits per heavy atom. The van der Waals surface area contributed by atoms with Crippen LogP contribution in [0.4, 0.5) is 17.1 Å². The van der Waals surface area contributed by atoms with Gasteiger partial charge in [0.1, 0.15) is 11.2 Å². The maximum absolute atomic E-state index is 6.84. The molecule has 0 fully saturated rings. The number of benzene rings is 9. The van der Waals surface area contributed by atoms with Gasteiger partial charge in [-0.15, -0.1) is 0 Å². The maximum atomic E-state index is 6.84. The van der Waals surface area contributed by atoms with E-state index in [1.807, 2.05) is 0 Å². The lowest BCUT2D eigenvalue weighted by Crippen LogP contribution is -2.28. The van der Waals surface area contributed by atoms with E-state index in [9.17, 15) is 0 Å². The van der Waals surface area contributed by atoms with Crippen LogP contribution in [0.25, 0.3) is 55.3 Å². The first-order chi connectivity index (χ1) is 31.1. The van der Waals surface area contributed by atoms with Crippen LogP contribution in [0, 0.1) is 0 Å². The fourth-order valence-corrected chi connectivity index (χ4v) is 11.2. The molecule has 12 rings (SSSR count). The summed E-state index contributed by atoms with van der Waals surface area (Å²) in [5.74, 6) is 0. The van der Waals surface area contributed by atoms with Crippen LogP contribution in [-0.4, -0.2) is 0 Å². The summed E-state index contributed by atoms with van der Waals surface area (Å²) in [5, 5.41) is 2.36. The van der Waals surface area contributed by atoms with Crippen LogP contribution in [0.15, 0.2) is 211 Å². The molecule has 308 valence electrons. The van der Waals surface area contributed by atoms with Crippen LogP contribution in [0.2, 0.25) is 0 Å². The zero-order chi connectivity index (χ0) is 43.4. The first-order valence-electron chi connectivity index (χ1n) is 22.6. The molecular formula is C62H49NO. The average molecular weight is 824 g/mol. The third-order valence-corrected chi connectivity index (χ3v) is 14.3. The molecule has 2 heteroatoms. The number of fused-ring (bicyclic) bond motifs is 10.